The lowest BCUT2D eigenvalue weighted by atomic mass is 9.97. The van der Waals surface area contributed by atoms with Crippen molar-refractivity contribution in [3.05, 3.63) is 29.6 Å². The fourth-order valence-electron chi connectivity index (χ4n) is 2.58. The van der Waals surface area contributed by atoms with Gasteiger partial charge in [0.15, 0.2) is 0 Å². The quantitative estimate of drug-likeness (QED) is 0.872. The van der Waals surface area contributed by atoms with E-state index >= 15 is 0 Å². The summed E-state index contributed by atoms with van der Waals surface area (Å²) in [5.74, 6) is -0.622. The number of aliphatic hydroxyl groups is 1. The first-order chi connectivity index (χ1) is 10.3. The third-order valence-corrected chi connectivity index (χ3v) is 3.80. The molecule has 1 N–H and O–H groups in total. The highest BCUT2D eigenvalue weighted by Crippen LogP contribution is 2.26. The molecule has 22 heavy (non-hydrogen) atoms. The van der Waals surface area contributed by atoms with Crippen molar-refractivity contribution < 1.29 is 19.0 Å². The van der Waals surface area contributed by atoms with Crippen molar-refractivity contribution in [1.82, 2.24) is 0 Å². The minimum atomic E-state index is -0.599. The lowest BCUT2D eigenvalue weighted by Crippen LogP contribution is -2.35. The van der Waals surface area contributed by atoms with Crippen LogP contribution in [0.3, 0.4) is 0 Å². The lowest BCUT2D eigenvalue weighted by molar-refractivity contribution is 0.00690. The van der Waals surface area contributed by atoms with Crippen LogP contribution in [-0.4, -0.2) is 36.4 Å². The summed E-state index contributed by atoms with van der Waals surface area (Å²) in [6.45, 7) is 6.96. The Labute approximate surface area is 130 Å². The Kier molecular flexibility index (Phi) is 5.06. The second-order valence-corrected chi connectivity index (χ2v) is 6.78. The molecular weight excluding hydrogens is 285 g/mol. The summed E-state index contributed by atoms with van der Waals surface area (Å²) >= 11 is 0. The molecule has 0 atom stereocenters. The van der Waals surface area contributed by atoms with Crippen LogP contribution in [0.15, 0.2) is 18.2 Å². The molecule has 0 bridgehead atoms. The van der Waals surface area contributed by atoms with Crippen molar-refractivity contribution in [2.24, 2.45) is 5.92 Å². The maximum Gasteiger partial charge on any atom is 0.338 e. The standard InChI is InChI=1S/C17H24FNO3/c1-17(2,3)22-16(21)13-4-5-15(14(18)10-13)19-8-6-12(11-20)7-9-19/h4-5,10,12,20H,6-9,11H2,1-3H3. The normalized spacial score (nSPS) is 16.7. The molecule has 1 aliphatic rings. The number of aliphatic hydroxyl groups excluding tert-OH is 1. The molecule has 0 radical (unpaired) electrons. The number of hydrogen-bond donors (Lipinski definition) is 1. The summed E-state index contributed by atoms with van der Waals surface area (Å²) in [4.78, 5) is 13.9. The molecule has 2 rings (SSSR count). The van der Waals surface area contributed by atoms with E-state index in [4.69, 9.17) is 9.84 Å². The number of anilines is 1. The number of carbonyl (C=O) groups is 1. The van der Waals surface area contributed by atoms with E-state index in [-0.39, 0.29) is 12.2 Å². The van der Waals surface area contributed by atoms with Crippen LogP contribution < -0.4 is 4.90 Å². The molecule has 0 unspecified atom stereocenters. The second-order valence-electron chi connectivity index (χ2n) is 6.78. The highest BCUT2D eigenvalue weighted by atomic mass is 19.1. The van der Waals surface area contributed by atoms with E-state index in [0.29, 0.717) is 24.7 Å². The van der Waals surface area contributed by atoms with Gasteiger partial charge in [-0.2, -0.15) is 0 Å². The number of ether oxygens (including phenoxy) is 1. The molecule has 0 aromatic heterocycles. The summed E-state index contributed by atoms with van der Waals surface area (Å²) in [6.07, 6.45) is 1.70. The minimum Gasteiger partial charge on any atom is -0.456 e. The predicted molar refractivity (Wildman–Crippen MR) is 83.6 cm³/mol. The number of benzene rings is 1. The number of carbonyl (C=O) groups excluding carboxylic acids is 1. The van der Waals surface area contributed by atoms with Crippen LogP contribution in [0, 0.1) is 11.7 Å². The van der Waals surface area contributed by atoms with Gasteiger partial charge < -0.3 is 14.7 Å². The van der Waals surface area contributed by atoms with Crippen LogP contribution in [0.2, 0.25) is 0 Å². The third-order valence-electron chi connectivity index (χ3n) is 3.80. The van der Waals surface area contributed by atoms with Gasteiger partial charge in [-0.15, -0.1) is 0 Å². The van der Waals surface area contributed by atoms with Crippen molar-refractivity contribution in [3.8, 4) is 0 Å². The first-order valence-electron chi connectivity index (χ1n) is 7.69. The zero-order valence-electron chi connectivity index (χ0n) is 13.4. The van der Waals surface area contributed by atoms with Crippen LogP contribution in [-0.2, 0) is 4.74 Å². The molecule has 0 spiro atoms. The zero-order chi connectivity index (χ0) is 16.3. The smallest absolute Gasteiger partial charge is 0.338 e. The number of esters is 1. The minimum absolute atomic E-state index is 0.188. The van der Waals surface area contributed by atoms with Crippen molar-refractivity contribution in [2.75, 3.05) is 24.6 Å². The number of piperidine rings is 1. The topological polar surface area (TPSA) is 49.8 Å². The summed E-state index contributed by atoms with van der Waals surface area (Å²) in [6, 6.07) is 4.47. The second kappa shape index (κ2) is 6.65. The maximum absolute atomic E-state index is 14.3. The highest BCUT2D eigenvalue weighted by molar-refractivity contribution is 5.90. The van der Waals surface area contributed by atoms with Crippen molar-refractivity contribution in [3.63, 3.8) is 0 Å². The molecule has 0 saturated carbocycles. The fraction of sp³-hybridized carbons (Fsp3) is 0.588. The van der Waals surface area contributed by atoms with Gasteiger partial charge in [-0.05, 0) is 57.7 Å². The first-order valence-corrected chi connectivity index (χ1v) is 7.69. The Balaban J connectivity index is 2.08. The molecular formula is C17H24FNO3. The van der Waals surface area contributed by atoms with E-state index in [0.717, 1.165) is 12.8 Å². The fourth-order valence-corrected chi connectivity index (χ4v) is 2.58. The van der Waals surface area contributed by atoms with Gasteiger partial charge in [-0.1, -0.05) is 0 Å². The Hall–Kier alpha value is -1.62. The summed E-state index contributed by atoms with van der Waals surface area (Å²) < 4.78 is 19.6. The zero-order valence-corrected chi connectivity index (χ0v) is 13.4. The molecule has 0 aliphatic carbocycles. The summed E-state index contributed by atoms with van der Waals surface area (Å²) in [7, 11) is 0. The number of rotatable bonds is 3. The van der Waals surface area contributed by atoms with E-state index in [2.05, 4.69) is 0 Å². The van der Waals surface area contributed by atoms with E-state index < -0.39 is 17.4 Å². The summed E-state index contributed by atoms with van der Waals surface area (Å²) in [5, 5.41) is 9.15. The molecule has 1 aliphatic heterocycles. The largest absolute Gasteiger partial charge is 0.456 e. The van der Waals surface area contributed by atoms with Gasteiger partial charge in [0.1, 0.15) is 11.4 Å². The van der Waals surface area contributed by atoms with Crippen LogP contribution in [0.5, 0.6) is 0 Å². The van der Waals surface area contributed by atoms with Crippen LogP contribution >= 0.6 is 0 Å². The molecule has 122 valence electrons. The highest BCUT2D eigenvalue weighted by Gasteiger charge is 2.23. The number of halogens is 1. The van der Waals surface area contributed by atoms with Gasteiger partial charge >= 0.3 is 5.97 Å². The van der Waals surface area contributed by atoms with Crippen LogP contribution in [0.25, 0.3) is 0 Å². The molecule has 1 fully saturated rings. The lowest BCUT2D eigenvalue weighted by Gasteiger charge is -2.33. The monoisotopic (exact) mass is 309 g/mol. The molecule has 5 heteroatoms. The van der Waals surface area contributed by atoms with Gasteiger partial charge in [0.2, 0.25) is 0 Å². The molecule has 0 amide bonds. The molecule has 1 saturated heterocycles. The van der Waals surface area contributed by atoms with E-state index in [1.165, 1.54) is 6.07 Å². The van der Waals surface area contributed by atoms with Crippen molar-refractivity contribution in [1.29, 1.82) is 0 Å². The number of hydrogen-bond acceptors (Lipinski definition) is 4. The average molecular weight is 309 g/mol. The molecule has 1 heterocycles. The van der Waals surface area contributed by atoms with E-state index in [1.54, 1.807) is 32.9 Å². The van der Waals surface area contributed by atoms with Gasteiger partial charge in [0.25, 0.3) is 0 Å². The molecule has 1 aromatic carbocycles. The van der Waals surface area contributed by atoms with Crippen LogP contribution in [0.4, 0.5) is 10.1 Å². The SMILES string of the molecule is CC(C)(C)OC(=O)c1ccc(N2CCC(CO)CC2)c(F)c1. The van der Waals surface area contributed by atoms with Crippen molar-refractivity contribution in [2.45, 2.75) is 39.2 Å². The van der Waals surface area contributed by atoms with Crippen molar-refractivity contribution >= 4 is 11.7 Å². The molecule has 1 aromatic rings. The Morgan fingerprint density at radius 1 is 1.36 bits per heavy atom. The number of nitrogens with zero attached hydrogens (tertiary/aromatic N) is 1. The Morgan fingerprint density at radius 3 is 2.50 bits per heavy atom. The van der Waals surface area contributed by atoms with Gasteiger partial charge in [-0.25, -0.2) is 9.18 Å². The predicted octanol–water partition coefficient (Wildman–Crippen LogP) is 2.99. The van der Waals surface area contributed by atoms with E-state index in [1.807, 2.05) is 4.90 Å². The maximum atomic E-state index is 14.3. The van der Waals surface area contributed by atoms with E-state index in [9.17, 15) is 9.18 Å². The van der Waals surface area contributed by atoms with Gasteiger partial charge in [0.05, 0.1) is 11.3 Å². The van der Waals surface area contributed by atoms with Crippen LogP contribution in [0.1, 0.15) is 44.0 Å². The third kappa shape index (κ3) is 4.19. The Bertz CT molecular complexity index is 531. The van der Waals surface area contributed by atoms with Gasteiger partial charge in [-0.3, -0.25) is 0 Å². The average Bonchev–Trinajstić information content (AvgIpc) is 2.45. The van der Waals surface area contributed by atoms with Gasteiger partial charge in [0, 0.05) is 19.7 Å². The first kappa shape index (κ1) is 16.7. The summed E-state index contributed by atoms with van der Waals surface area (Å²) in [5.41, 5.74) is 0.128. The molecule has 4 nitrogen and oxygen atoms in total. The Morgan fingerprint density at radius 2 is 2.00 bits per heavy atom.